The van der Waals surface area contributed by atoms with Crippen LogP contribution >= 0.6 is 0 Å². The molecule has 2 heterocycles. The van der Waals surface area contributed by atoms with Crippen LogP contribution in [0.4, 0.5) is 0 Å². The number of carbonyl (C=O) groups excluding carboxylic acids is 1. The molecule has 0 aromatic carbocycles. The van der Waals surface area contributed by atoms with E-state index in [0.717, 1.165) is 12.8 Å². The van der Waals surface area contributed by atoms with Crippen LogP contribution in [0.5, 0.6) is 0 Å². The Morgan fingerprint density at radius 2 is 2.27 bits per heavy atom. The van der Waals surface area contributed by atoms with Gasteiger partial charge in [0.25, 0.3) is 5.91 Å². The van der Waals surface area contributed by atoms with Crippen LogP contribution in [0, 0.1) is 0 Å². The van der Waals surface area contributed by atoms with Gasteiger partial charge in [0.1, 0.15) is 6.10 Å². The minimum absolute atomic E-state index is 0.0529. The highest BCUT2D eigenvalue weighted by Gasteiger charge is 2.38. The number of aliphatic hydroxyl groups is 1. The molecule has 86 valence electrons. The van der Waals surface area contributed by atoms with E-state index in [1.165, 1.54) is 0 Å². The Balaban J connectivity index is 1.92. The quantitative estimate of drug-likeness (QED) is 0.691. The Bertz CT molecular complexity index is 265. The number of ether oxygens (including phenoxy) is 1. The normalized spacial score (nSPS) is 41.1. The molecule has 4 heteroatoms. The Morgan fingerprint density at radius 3 is 2.73 bits per heavy atom. The van der Waals surface area contributed by atoms with Crippen molar-refractivity contribution in [2.24, 2.45) is 0 Å². The van der Waals surface area contributed by atoms with E-state index in [-0.39, 0.29) is 18.1 Å². The lowest BCUT2D eigenvalue weighted by Gasteiger charge is -2.22. The molecule has 2 saturated heterocycles. The second kappa shape index (κ2) is 3.76. The molecule has 2 rings (SSSR count). The molecule has 3 atom stereocenters. The highest BCUT2D eigenvalue weighted by Crippen LogP contribution is 2.25. The molecule has 0 saturated carbocycles. The molecular weight excluding hydrogens is 194 g/mol. The smallest absolute Gasteiger partial charge is 0.251 e. The van der Waals surface area contributed by atoms with Crippen LogP contribution in [0.15, 0.2) is 0 Å². The van der Waals surface area contributed by atoms with Crippen LogP contribution in [0.25, 0.3) is 0 Å². The first-order chi connectivity index (χ1) is 6.98. The van der Waals surface area contributed by atoms with Gasteiger partial charge in [-0.25, -0.2) is 0 Å². The summed E-state index contributed by atoms with van der Waals surface area (Å²) in [4.78, 5) is 13.7. The molecule has 3 unspecified atom stereocenters. The summed E-state index contributed by atoms with van der Waals surface area (Å²) < 4.78 is 5.53. The Morgan fingerprint density at radius 1 is 1.53 bits per heavy atom. The summed E-state index contributed by atoms with van der Waals surface area (Å²) in [5.41, 5.74) is -0.708. The van der Waals surface area contributed by atoms with Gasteiger partial charge in [-0.15, -0.1) is 0 Å². The third-order valence-electron chi connectivity index (χ3n) is 3.27. The van der Waals surface area contributed by atoms with E-state index in [9.17, 15) is 9.90 Å². The van der Waals surface area contributed by atoms with Crippen LogP contribution in [0.1, 0.15) is 33.1 Å². The van der Waals surface area contributed by atoms with E-state index in [1.807, 2.05) is 6.92 Å². The molecule has 2 aliphatic heterocycles. The monoisotopic (exact) mass is 213 g/mol. The summed E-state index contributed by atoms with van der Waals surface area (Å²) in [5, 5.41) is 9.77. The van der Waals surface area contributed by atoms with Gasteiger partial charge in [0.2, 0.25) is 0 Å². The highest BCUT2D eigenvalue weighted by molar-refractivity contribution is 5.81. The van der Waals surface area contributed by atoms with E-state index >= 15 is 0 Å². The zero-order chi connectivity index (χ0) is 11.1. The number of hydrogen-bond donors (Lipinski definition) is 1. The van der Waals surface area contributed by atoms with Crippen molar-refractivity contribution < 1.29 is 14.6 Å². The van der Waals surface area contributed by atoms with Gasteiger partial charge >= 0.3 is 0 Å². The fourth-order valence-corrected chi connectivity index (χ4v) is 2.32. The third-order valence-corrected chi connectivity index (χ3v) is 3.27. The minimum Gasteiger partial charge on any atom is -0.388 e. The Labute approximate surface area is 90.2 Å². The number of hydrogen-bond acceptors (Lipinski definition) is 3. The van der Waals surface area contributed by atoms with Crippen molar-refractivity contribution in [1.29, 1.82) is 0 Å². The lowest BCUT2D eigenvalue weighted by Crippen LogP contribution is -2.40. The van der Waals surface area contributed by atoms with E-state index in [2.05, 4.69) is 0 Å². The largest absolute Gasteiger partial charge is 0.388 e. The molecular formula is C11H19NO3. The molecule has 15 heavy (non-hydrogen) atoms. The first kappa shape index (κ1) is 10.9. The average molecular weight is 213 g/mol. The molecule has 1 N–H and O–H groups in total. The second-order valence-electron chi connectivity index (χ2n) is 5.02. The van der Waals surface area contributed by atoms with Gasteiger partial charge in [-0.1, -0.05) is 0 Å². The Kier molecular flexibility index (Phi) is 2.73. The summed E-state index contributed by atoms with van der Waals surface area (Å²) in [5.74, 6) is 0.0529. The zero-order valence-corrected chi connectivity index (χ0v) is 9.40. The zero-order valence-electron chi connectivity index (χ0n) is 9.40. The molecule has 0 aliphatic carbocycles. The van der Waals surface area contributed by atoms with Crippen molar-refractivity contribution in [2.75, 3.05) is 13.1 Å². The van der Waals surface area contributed by atoms with Gasteiger partial charge in [-0.2, -0.15) is 0 Å². The average Bonchev–Trinajstić information content (AvgIpc) is 2.71. The van der Waals surface area contributed by atoms with Crippen molar-refractivity contribution in [3.05, 3.63) is 0 Å². The molecule has 2 aliphatic rings. The lowest BCUT2D eigenvalue weighted by atomic mass is 10.1. The van der Waals surface area contributed by atoms with Gasteiger partial charge in [0, 0.05) is 13.1 Å². The maximum atomic E-state index is 12.0. The van der Waals surface area contributed by atoms with Crippen molar-refractivity contribution in [1.82, 2.24) is 4.90 Å². The Hall–Kier alpha value is -0.610. The number of rotatable bonds is 1. The second-order valence-corrected chi connectivity index (χ2v) is 5.02. The molecule has 1 amide bonds. The maximum absolute atomic E-state index is 12.0. The fraction of sp³-hybridized carbons (Fsp3) is 0.909. The highest BCUT2D eigenvalue weighted by atomic mass is 16.5. The lowest BCUT2D eigenvalue weighted by molar-refractivity contribution is -0.142. The van der Waals surface area contributed by atoms with Gasteiger partial charge in [-0.05, 0) is 33.1 Å². The van der Waals surface area contributed by atoms with Gasteiger partial charge < -0.3 is 14.7 Å². The van der Waals surface area contributed by atoms with E-state index in [0.29, 0.717) is 19.5 Å². The fourth-order valence-electron chi connectivity index (χ4n) is 2.32. The predicted molar refractivity (Wildman–Crippen MR) is 55.4 cm³/mol. The van der Waals surface area contributed by atoms with Crippen molar-refractivity contribution >= 4 is 5.91 Å². The summed E-state index contributed by atoms with van der Waals surface area (Å²) in [7, 11) is 0. The molecule has 0 bridgehead atoms. The van der Waals surface area contributed by atoms with Crippen LogP contribution in [0.3, 0.4) is 0 Å². The van der Waals surface area contributed by atoms with Gasteiger partial charge in [0.05, 0.1) is 11.7 Å². The molecule has 0 aromatic heterocycles. The van der Waals surface area contributed by atoms with Gasteiger partial charge in [0.15, 0.2) is 0 Å². The number of amides is 1. The number of likely N-dealkylation sites (tertiary alicyclic amines) is 1. The standard InChI is InChI=1S/C11H19NO3/c1-8-3-4-9(15-8)10(13)12-6-5-11(2,14)7-12/h8-9,14H,3-7H2,1-2H3. The van der Waals surface area contributed by atoms with Gasteiger partial charge in [-0.3, -0.25) is 4.79 Å². The first-order valence-corrected chi connectivity index (χ1v) is 5.64. The molecule has 4 nitrogen and oxygen atoms in total. The van der Waals surface area contributed by atoms with E-state index in [1.54, 1.807) is 11.8 Å². The number of nitrogens with zero attached hydrogens (tertiary/aromatic N) is 1. The van der Waals surface area contributed by atoms with Crippen LogP contribution in [0.2, 0.25) is 0 Å². The van der Waals surface area contributed by atoms with Crippen LogP contribution in [-0.4, -0.2) is 46.8 Å². The summed E-state index contributed by atoms with van der Waals surface area (Å²) >= 11 is 0. The topological polar surface area (TPSA) is 49.8 Å². The molecule has 0 radical (unpaired) electrons. The molecule has 0 aromatic rings. The maximum Gasteiger partial charge on any atom is 0.251 e. The first-order valence-electron chi connectivity index (χ1n) is 5.64. The van der Waals surface area contributed by atoms with Crippen LogP contribution < -0.4 is 0 Å². The SMILES string of the molecule is CC1CCC(C(=O)N2CCC(C)(O)C2)O1. The number of β-amino-alcohol motifs (C(OH)–C–C–N with tert-alkyl or cyclic N) is 1. The summed E-state index contributed by atoms with van der Waals surface area (Å²) in [6.45, 7) is 4.87. The van der Waals surface area contributed by atoms with Crippen molar-refractivity contribution in [3.63, 3.8) is 0 Å². The van der Waals surface area contributed by atoms with Crippen molar-refractivity contribution in [2.45, 2.75) is 50.9 Å². The molecule has 2 fully saturated rings. The minimum atomic E-state index is -0.708. The number of carbonyl (C=O) groups is 1. The summed E-state index contributed by atoms with van der Waals surface area (Å²) in [6.07, 6.45) is 2.37. The van der Waals surface area contributed by atoms with E-state index < -0.39 is 5.60 Å². The van der Waals surface area contributed by atoms with E-state index in [4.69, 9.17) is 4.74 Å². The molecule has 0 spiro atoms. The van der Waals surface area contributed by atoms with Crippen molar-refractivity contribution in [3.8, 4) is 0 Å². The summed E-state index contributed by atoms with van der Waals surface area (Å²) in [6, 6.07) is 0. The third kappa shape index (κ3) is 2.32. The predicted octanol–water partition coefficient (Wildman–Crippen LogP) is 0.537. The van der Waals surface area contributed by atoms with Crippen LogP contribution in [-0.2, 0) is 9.53 Å².